The van der Waals surface area contributed by atoms with Crippen LogP contribution in [0.1, 0.15) is 63.7 Å². The fraction of sp³-hybridized carbons (Fsp3) is 0.684. The Morgan fingerprint density at radius 3 is 2.14 bits per heavy atom. The first kappa shape index (κ1) is 16.5. The first-order chi connectivity index (χ1) is 9.99. The van der Waals surface area contributed by atoms with Crippen LogP contribution in [0.3, 0.4) is 0 Å². The van der Waals surface area contributed by atoms with E-state index in [1.165, 1.54) is 12.0 Å². The van der Waals surface area contributed by atoms with Gasteiger partial charge in [-0.3, -0.25) is 4.90 Å². The Balaban J connectivity index is 1.95. The summed E-state index contributed by atoms with van der Waals surface area (Å²) in [7, 11) is 0. The van der Waals surface area contributed by atoms with Crippen molar-refractivity contribution in [2.24, 2.45) is 11.8 Å². The van der Waals surface area contributed by atoms with Gasteiger partial charge < -0.3 is 5.11 Å². The Morgan fingerprint density at radius 2 is 1.62 bits per heavy atom. The van der Waals surface area contributed by atoms with Crippen LogP contribution in [0.4, 0.5) is 0 Å². The van der Waals surface area contributed by atoms with Crippen molar-refractivity contribution in [2.45, 2.75) is 52.6 Å². The van der Waals surface area contributed by atoms with E-state index in [1.807, 2.05) is 0 Å². The van der Waals surface area contributed by atoms with Crippen molar-refractivity contribution in [3.05, 3.63) is 35.4 Å². The van der Waals surface area contributed by atoms with Crippen LogP contribution in [0.5, 0.6) is 0 Å². The van der Waals surface area contributed by atoms with Gasteiger partial charge in [0.15, 0.2) is 0 Å². The van der Waals surface area contributed by atoms with Crippen LogP contribution >= 0.6 is 0 Å². The van der Waals surface area contributed by atoms with Crippen LogP contribution < -0.4 is 0 Å². The molecule has 1 saturated heterocycles. The summed E-state index contributed by atoms with van der Waals surface area (Å²) in [6.45, 7) is 12.1. The Morgan fingerprint density at radius 1 is 1.10 bits per heavy atom. The lowest BCUT2D eigenvalue weighted by Crippen LogP contribution is -2.40. The number of hydrogen-bond acceptors (Lipinski definition) is 2. The molecule has 0 aliphatic carbocycles. The van der Waals surface area contributed by atoms with Crippen molar-refractivity contribution in [3.8, 4) is 0 Å². The van der Waals surface area contributed by atoms with E-state index < -0.39 is 0 Å². The summed E-state index contributed by atoms with van der Waals surface area (Å²) in [4.78, 5) is 2.42. The first-order valence-corrected chi connectivity index (χ1v) is 8.49. The summed E-state index contributed by atoms with van der Waals surface area (Å²) in [6.07, 6.45) is 2.11. The molecule has 0 bridgehead atoms. The van der Waals surface area contributed by atoms with E-state index in [0.29, 0.717) is 5.92 Å². The summed E-state index contributed by atoms with van der Waals surface area (Å²) in [5.41, 5.74) is 2.42. The number of benzene rings is 1. The van der Waals surface area contributed by atoms with Gasteiger partial charge in [0.25, 0.3) is 0 Å². The molecule has 1 N–H and O–H groups in total. The van der Waals surface area contributed by atoms with Crippen LogP contribution in [-0.2, 0) is 0 Å². The number of likely N-dealkylation sites (tertiary alicyclic amines) is 1. The van der Waals surface area contributed by atoms with Gasteiger partial charge in [0.1, 0.15) is 0 Å². The van der Waals surface area contributed by atoms with E-state index in [1.54, 1.807) is 0 Å². The second-order valence-electron chi connectivity index (χ2n) is 7.16. The number of piperidine rings is 1. The molecule has 1 heterocycles. The minimum Gasteiger partial charge on any atom is -0.387 e. The van der Waals surface area contributed by atoms with E-state index in [0.717, 1.165) is 43.5 Å². The highest BCUT2D eigenvalue weighted by atomic mass is 16.3. The lowest BCUT2D eigenvalue weighted by Gasteiger charge is -2.36. The van der Waals surface area contributed by atoms with E-state index in [-0.39, 0.29) is 6.10 Å². The van der Waals surface area contributed by atoms with Gasteiger partial charge in [0, 0.05) is 19.6 Å². The SMILES string of the molecule is CCC(C)c1ccc(C(O)CN2CC(C)CC(C)C2)cc1. The Labute approximate surface area is 130 Å². The fourth-order valence-electron chi connectivity index (χ4n) is 3.57. The first-order valence-electron chi connectivity index (χ1n) is 8.49. The van der Waals surface area contributed by atoms with Crippen LogP contribution in [0, 0.1) is 11.8 Å². The monoisotopic (exact) mass is 289 g/mol. The number of nitrogens with zero attached hydrogens (tertiary/aromatic N) is 1. The van der Waals surface area contributed by atoms with Crippen molar-refractivity contribution in [2.75, 3.05) is 19.6 Å². The Bertz CT molecular complexity index is 418. The maximum absolute atomic E-state index is 10.5. The van der Waals surface area contributed by atoms with Crippen LogP contribution in [0.2, 0.25) is 0 Å². The summed E-state index contributed by atoms with van der Waals surface area (Å²) in [5.74, 6) is 2.09. The van der Waals surface area contributed by atoms with Crippen molar-refractivity contribution in [3.63, 3.8) is 0 Å². The third-order valence-corrected chi connectivity index (χ3v) is 4.88. The standard InChI is InChI=1S/C19H31NO/c1-5-16(4)17-6-8-18(9-7-17)19(21)13-20-11-14(2)10-15(3)12-20/h6-9,14-16,19,21H,5,10-13H2,1-4H3. The van der Waals surface area contributed by atoms with Gasteiger partial charge in [-0.2, -0.15) is 0 Å². The Kier molecular flexibility index (Phi) is 5.83. The van der Waals surface area contributed by atoms with E-state index in [9.17, 15) is 5.11 Å². The van der Waals surface area contributed by atoms with Gasteiger partial charge >= 0.3 is 0 Å². The molecule has 2 rings (SSSR count). The third-order valence-electron chi connectivity index (χ3n) is 4.88. The minimum absolute atomic E-state index is 0.367. The molecule has 1 fully saturated rings. The quantitative estimate of drug-likeness (QED) is 0.877. The van der Waals surface area contributed by atoms with Gasteiger partial charge in [-0.05, 0) is 41.7 Å². The summed E-state index contributed by atoms with van der Waals surface area (Å²) in [5, 5.41) is 10.5. The molecule has 21 heavy (non-hydrogen) atoms. The highest BCUT2D eigenvalue weighted by Gasteiger charge is 2.23. The summed E-state index contributed by atoms with van der Waals surface area (Å²) < 4.78 is 0. The molecule has 0 aromatic heterocycles. The molecule has 0 amide bonds. The smallest absolute Gasteiger partial charge is 0.0916 e. The maximum atomic E-state index is 10.5. The second-order valence-corrected chi connectivity index (χ2v) is 7.16. The Hall–Kier alpha value is -0.860. The van der Waals surface area contributed by atoms with Crippen LogP contribution in [-0.4, -0.2) is 29.6 Å². The number of aliphatic hydroxyl groups excluding tert-OH is 1. The molecule has 1 aliphatic heterocycles. The molecule has 4 atom stereocenters. The molecule has 2 nitrogen and oxygen atoms in total. The molecule has 1 aromatic rings. The second kappa shape index (κ2) is 7.42. The van der Waals surface area contributed by atoms with Gasteiger partial charge in [-0.25, -0.2) is 0 Å². The summed E-state index contributed by atoms with van der Waals surface area (Å²) in [6, 6.07) is 8.55. The highest BCUT2D eigenvalue weighted by molar-refractivity contribution is 5.26. The average molecular weight is 289 g/mol. The molecule has 2 heteroatoms. The van der Waals surface area contributed by atoms with E-state index in [4.69, 9.17) is 0 Å². The summed E-state index contributed by atoms with van der Waals surface area (Å²) >= 11 is 0. The van der Waals surface area contributed by atoms with Gasteiger partial charge in [0.2, 0.25) is 0 Å². The topological polar surface area (TPSA) is 23.5 Å². The molecule has 1 aromatic carbocycles. The molecule has 118 valence electrons. The molecule has 4 unspecified atom stereocenters. The predicted octanol–water partition coefficient (Wildman–Crippen LogP) is 4.21. The van der Waals surface area contributed by atoms with Crippen molar-refractivity contribution < 1.29 is 5.11 Å². The van der Waals surface area contributed by atoms with E-state index in [2.05, 4.69) is 56.9 Å². The van der Waals surface area contributed by atoms with Gasteiger partial charge in [-0.1, -0.05) is 52.0 Å². The zero-order chi connectivity index (χ0) is 15.4. The lowest BCUT2D eigenvalue weighted by molar-refractivity contribution is 0.0699. The number of aliphatic hydroxyl groups is 1. The van der Waals surface area contributed by atoms with Crippen LogP contribution in [0.15, 0.2) is 24.3 Å². The van der Waals surface area contributed by atoms with E-state index >= 15 is 0 Å². The van der Waals surface area contributed by atoms with Crippen molar-refractivity contribution >= 4 is 0 Å². The average Bonchev–Trinajstić information content (AvgIpc) is 2.45. The minimum atomic E-state index is -0.367. The highest BCUT2D eigenvalue weighted by Crippen LogP contribution is 2.25. The van der Waals surface area contributed by atoms with Gasteiger partial charge in [0.05, 0.1) is 6.10 Å². The molecular weight excluding hydrogens is 258 g/mol. The number of hydrogen-bond donors (Lipinski definition) is 1. The normalized spacial score (nSPS) is 26.5. The molecule has 1 aliphatic rings. The maximum Gasteiger partial charge on any atom is 0.0916 e. The lowest BCUT2D eigenvalue weighted by atomic mass is 9.91. The zero-order valence-corrected chi connectivity index (χ0v) is 14.0. The van der Waals surface area contributed by atoms with Crippen molar-refractivity contribution in [1.29, 1.82) is 0 Å². The zero-order valence-electron chi connectivity index (χ0n) is 14.0. The number of rotatable bonds is 5. The predicted molar refractivity (Wildman–Crippen MR) is 89.5 cm³/mol. The fourth-order valence-corrected chi connectivity index (χ4v) is 3.57. The molecule has 0 radical (unpaired) electrons. The van der Waals surface area contributed by atoms with Crippen molar-refractivity contribution in [1.82, 2.24) is 4.90 Å². The molecular formula is C19H31NO. The largest absolute Gasteiger partial charge is 0.387 e. The number of β-amino-alcohol motifs (C(OH)–C–C–N with tert-alkyl or cyclic N) is 1. The molecule has 0 spiro atoms. The van der Waals surface area contributed by atoms with Crippen LogP contribution in [0.25, 0.3) is 0 Å². The van der Waals surface area contributed by atoms with Gasteiger partial charge in [-0.15, -0.1) is 0 Å². The molecule has 0 saturated carbocycles. The third kappa shape index (κ3) is 4.55.